The lowest BCUT2D eigenvalue weighted by molar-refractivity contribution is 0.618. The first-order chi connectivity index (χ1) is 7.13. The molecule has 0 amide bonds. The first-order valence-electron chi connectivity index (χ1n) is 5.09. The van der Waals surface area contributed by atoms with E-state index in [0.29, 0.717) is 18.6 Å². The van der Waals surface area contributed by atoms with Crippen LogP contribution in [0.3, 0.4) is 0 Å². The summed E-state index contributed by atoms with van der Waals surface area (Å²) in [5.74, 6) is -0.161. The molecule has 1 heterocycles. The van der Waals surface area contributed by atoms with E-state index in [9.17, 15) is 4.39 Å². The lowest BCUT2D eigenvalue weighted by Crippen LogP contribution is -2.11. The van der Waals surface area contributed by atoms with E-state index in [1.54, 1.807) is 6.07 Å². The van der Waals surface area contributed by atoms with Gasteiger partial charge in [-0.25, -0.2) is 4.39 Å². The molecule has 2 N–H and O–H groups in total. The van der Waals surface area contributed by atoms with Crippen molar-refractivity contribution >= 4 is 10.9 Å². The van der Waals surface area contributed by atoms with Crippen LogP contribution in [0, 0.1) is 19.7 Å². The van der Waals surface area contributed by atoms with Gasteiger partial charge in [-0.2, -0.15) is 0 Å². The summed E-state index contributed by atoms with van der Waals surface area (Å²) in [6.45, 7) is 5.07. The number of benzene rings is 1. The van der Waals surface area contributed by atoms with Crippen molar-refractivity contribution in [3.8, 4) is 0 Å². The fourth-order valence-corrected chi connectivity index (χ4v) is 2.05. The molecule has 0 aliphatic carbocycles. The molecule has 0 spiro atoms. The maximum absolute atomic E-state index is 13.8. The molecule has 0 atom stereocenters. The van der Waals surface area contributed by atoms with Crippen LogP contribution >= 0.6 is 0 Å². The average Bonchev–Trinajstić information content (AvgIpc) is 2.43. The Labute approximate surface area is 88.5 Å². The molecule has 0 unspecified atom stereocenters. The monoisotopic (exact) mass is 206 g/mol. The Hall–Kier alpha value is -1.35. The van der Waals surface area contributed by atoms with Gasteiger partial charge in [-0.15, -0.1) is 0 Å². The van der Waals surface area contributed by atoms with Crippen LogP contribution in [-0.4, -0.2) is 11.1 Å². The number of nitrogens with two attached hydrogens (primary N) is 1. The van der Waals surface area contributed by atoms with E-state index in [0.717, 1.165) is 16.6 Å². The summed E-state index contributed by atoms with van der Waals surface area (Å²) in [6, 6.07) is 5.56. The Morgan fingerprint density at radius 3 is 2.67 bits per heavy atom. The van der Waals surface area contributed by atoms with Gasteiger partial charge in [0.2, 0.25) is 0 Å². The van der Waals surface area contributed by atoms with E-state index in [1.165, 1.54) is 0 Å². The summed E-state index contributed by atoms with van der Waals surface area (Å²) < 4.78 is 15.7. The second-order valence-corrected chi connectivity index (χ2v) is 3.91. The van der Waals surface area contributed by atoms with Crippen molar-refractivity contribution < 1.29 is 4.39 Å². The Morgan fingerprint density at radius 2 is 2.00 bits per heavy atom. The molecule has 3 heteroatoms. The smallest absolute Gasteiger partial charge is 0.147 e. The zero-order chi connectivity index (χ0) is 11.0. The van der Waals surface area contributed by atoms with Gasteiger partial charge in [-0.3, -0.25) is 0 Å². The SMILES string of the molecule is Cc1cc(F)c2c(c1)cc(C)n2CCN. The highest BCUT2D eigenvalue weighted by molar-refractivity contribution is 5.82. The van der Waals surface area contributed by atoms with Crippen LogP contribution in [0.1, 0.15) is 11.3 Å². The van der Waals surface area contributed by atoms with Crippen LogP contribution in [0.4, 0.5) is 4.39 Å². The molecule has 1 aromatic heterocycles. The third-order valence-corrected chi connectivity index (χ3v) is 2.65. The topological polar surface area (TPSA) is 30.9 Å². The van der Waals surface area contributed by atoms with E-state index in [2.05, 4.69) is 0 Å². The number of aryl methyl sites for hydroxylation is 2. The number of hydrogen-bond donors (Lipinski definition) is 1. The van der Waals surface area contributed by atoms with Gasteiger partial charge in [0.1, 0.15) is 5.82 Å². The number of hydrogen-bond acceptors (Lipinski definition) is 1. The number of rotatable bonds is 2. The minimum atomic E-state index is -0.161. The molecule has 1 aromatic carbocycles. The molecule has 15 heavy (non-hydrogen) atoms. The highest BCUT2D eigenvalue weighted by Crippen LogP contribution is 2.23. The first-order valence-corrected chi connectivity index (χ1v) is 5.09. The maximum Gasteiger partial charge on any atom is 0.147 e. The second kappa shape index (κ2) is 3.66. The third kappa shape index (κ3) is 1.63. The number of aromatic nitrogens is 1. The predicted molar refractivity (Wildman–Crippen MR) is 60.4 cm³/mol. The van der Waals surface area contributed by atoms with Crippen molar-refractivity contribution in [3.63, 3.8) is 0 Å². The molecule has 0 saturated carbocycles. The maximum atomic E-state index is 13.8. The van der Waals surface area contributed by atoms with E-state index >= 15 is 0 Å². The van der Waals surface area contributed by atoms with Crippen LogP contribution < -0.4 is 5.73 Å². The molecule has 80 valence electrons. The van der Waals surface area contributed by atoms with Gasteiger partial charge < -0.3 is 10.3 Å². The van der Waals surface area contributed by atoms with Crippen molar-refractivity contribution in [2.24, 2.45) is 5.73 Å². The van der Waals surface area contributed by atoms with Crippen molar-refractivity contribution in [1.29, 1.82) is 0 Å². The number of nitrogens with zero attached hydrogens (tertiary/aromatic N) is 1. The Balaban J connectivity index is 2.75. The van der Waals surface area contributed by atoms with Crippen molar-refractivity contribution in [3.05, 3.63) is 35.3 Å². The number of fused-ring (bicyclic) bond motifs is 1. The minimum Gasteiger partial charge on any atom is -0.341 e. The van der Waals surface area contributed by atoms with Crippen molar-refractivity contribution in [1.82, 2.24) is 4.57 Å². The van der Waals surface area contributed by atoms with Crippen LogP contribution in [0.25, 0.3) is 10.9 Å². The normalized spacial score (nSPS) is 11.2. The quantitative estimate of drug-likeness (QED) is 0.803. The summed E-state index contributed by atoms with van der Waals surface area (Å²) in [5.41, 5.74) is 8.19. The Bertz CT molecular complexity index is 500. The molecule has 0 radical (unpaired) electrons. The van der Waals surface area contributed by atoms with Crippen molar-refractivity contribution in [2.75, 3.05) is 6.54 Å². The fraction of sp³-hybridized carbons (Fsp3) is 0.333. The summed E-state index contributed by atoms with van der Waals surface area (Å²) >= 11 is 0. The zero-order valence-corrected chi connectivity index (χ0v) is 9.05. The van der Waals surface area contributed by atoms with Crippen LogP contribution in [-0.2, 0) is 6.54 Å². The lowest BCUT2D eigenvalue weighted by Gasteiger charge is -2.07. The average molecular weight is 206 g/mol. The fourth-order valence-electron chi connectivity index (χ4n) is 2.05. The highest BCUT2D eigenvalue weighted by atomic mass is 19.1. The van der Waals surface area contributed by atoms with Gasteiger partial charge in [-0.1, -0.05) is 0 Å². The molecule has 0 saturated heterocycles. The molecule has 0 aliphatic heterocycles. The van der Waals surface area contributed by atoms with E-state index in [-0.39, 0.29) is 5.82 Å². The van der Waals surface area contributed by atoms with Gasteiger partial charge in [-0.05, 0) is 37.6 Å². The molecular weight excluding hydrogens is 191 g/mol. The van der Waals surface area contributed by atoms with E-state index < -0.39 is 0 Å². The van der Waals surface area contributed by atoms with Crippen LogP contribution in [0.2, 0.25) is 0 Å². The minimum absolute atomic E-state index is 0.161. The summed E-state index contributed by atoms with van der Waals surface area (Å²) in [6.07, 6.45) is 0. The molecule has 0 bridgehead atoms. The zero-order valence-electron chi connectivity index (χ0n) is 9.05. The summed E-state index contributed by atoms with van der Waals surface area (Å²) in [7, 11) is 0. The third-order valence-electron chi connectivity index (χ3n) is 2.65. The van der Waals surface area contributed by atoms with Gasteiger partial charge in [0.05, 0.1) is 5.52 Å². The first kappa shape index (κ1) is 10.2. The number of halogens is 1. The Morgan fingerprint density at radius 1 is 1.27 bits per heavy atom. The summed E-state index contributed by atoms with van der Waals surface area (Å²) in [4.78, 5) is 0. The molecule has 0 aliphatic rings. The van der Waals surface area contributed by atoms with Gasteiger partial charge in [0.15, 0.2) is 0 Å². The molecular formula is C12H15FN2. The van der Waals surface area contributed by atoms with Gasteiger partial charge in [0, 0.05) is 24.2 Å². The van der Waals surface area contributed by atoms with Crippen molar-refractivity contribution in [2.45, 2.75) is 20.4 Å². The van der Waals surface area contributed by atoms with Gasteiger partial charge >= 0.3 is 0 Å². The molecule has 2 rings (SSSR count). The standard InChI is InChI=1S/C12H15FN2/c1-8-5-10-7-9(2)15(4-3-14)12(10)11(13)6-8/h5-7H,3-4,14H2,1-2H3. The van der Waals surface area contributed by atoms with Crippen LogP contribution in [0.15, 0.2) is 18.2 Å². The molecule has 0 fully saturated rings. The Kier molecular flexibility index (Phi) is 2.49. The van der Waals surface area contributed by atoms with Crippen LogP contribution in [0.5, 0.6) is 0 Å². The predicted octanol–water partition coefficient (Wildman–Crippen LogP) is 2.36. The molecule has 2 aromatic rings. The lowest BCUT2D eigenvalue weighted by atomic mass is 10.2. The van der Waals surface area contributed by atoms with Gasteiger partial charge in [0.25, 0.3) is 0 Å². The molecule has 2 nitrogen and oxygen atoms in total. The summed E-state index contributed by atoms with van der Waals surface area (Å²) in [5, 5.41) is 0.957. The second-order valence-electron chi connectivity index (χ2n) is 3.91. The van der Waals surface area contributed by atoms with E-state index in [4.69, 9.17) is 5.73 Å². The van der Waals surface area contributed by atoms with E-state index in [1.807, 2.05) is 30.5 Å². The largest absolute Gasteiger partial charge is 0.341 e. The highest BCUT2D eigenvalue weighted by Gasteiger charge is 2.10.